The second-order valence-electron chi connectivity index (χ2n) is 6.10. The van der Waals surface area contributed by atoms with E-state index in [1.807, 2.05) is 6.20 Å². The maximum Gasteiger partial charge on any atom is 0.223 e. The van der Waals surface area contributed by atoms with Crippen LogP contribution in [0.3, 0.4) is 0 Å². The molecule has 1 aromatic carbocycles. The fraction of sp³-hybridized carbons (Fsp3) is 0.333. The summed E-state index contributed by atoms with van der Waals surface area (Å²) in [5.74, 6) is 0.690. The van der Waals surface area contributed by atoms with E-state index in [2.05, 4.69) is 66.8 Å². The van der Waals surface area contributed by atoms with Crippen molar-refractivity contribution in [3.63, 3.8) is 0 Å². The van der Waals surface area contributed by atoms with Gasteiger partial charge in [-0.05, 0) is 39.9 Å². The quantitative estimate of drug-likeness (QED) is 0.597. The number of aromatic nitrogens is 2. The lowest BCUT2D eigenvalue weighted by atomic mass is 10.2. The predicted molar refractivity (Wildman–Crippen MR) is 108 cm³/mol. The number of hydrogen-bond acceptors (Lipinski definition) is 6. The predicted octanol–water partition coefficient (Wildman–Crippen LogP) is 3.79. The summed E-state index contributed by atoms with van der Waals surface area (Å²) in [4.78, 5) is 12.7. The summed E-state index contributed by atoms with van der Waals surface area (Å²) in [6.45, 7) is 5.22. The molecule has 1 saturated heterocycles. The topological polar surface area (TPSA) is 53.1 Å². The van der Waals surface area contributed by atoms with Crippen molar-refractivity contribution in [1.82, 2.24) is 20.2 Å². The van der Waals surface area contributed by atoms with Crippen molar-refractivity contribution in [3.05, 3.63) is 41.0 Å². The van der Waals surface area contributed by atoms with Gasteiger partial charge in [0.05, 0.1) is 9.35 Å². The lowest BCUT2D eigenvalue weighted by Gasteiger charge is -2.13. The zero-order valence-corrected chi connectivity index (χ0v) is 16.2. The molecule has 0 amide bonds. The number of rotatable bonds is 6. The first-order valence-corrected chi connectivity index (χ1v) is 10.1. The summed E-state index contributed by atoms with van der Waals surface area (Å²) in [7, 11) is 0. The Morgan fingerprint density at radius 3 is 3.08 bits per heavy atom. The van der Waals surface area contributed by atoms with Gasteiger partial charge in [0, 0.05) is 43.7 Å². The fourth-order valence-corrected chi connectivity index (χ4v) is 4.57. The molecule has 3 heterocycles. The van der Waals surface area contributed by atoms with E-state index in [1.54, 1.807) is 11.3 Å². The molecule has 25 heavy (non-hydrogen) atoms. The second-order valence-corrected chi connectivity index (χ2v) is 8.03. The summed E-state index contributed by atoms with van der Waals surface area (Å²) in [6, 6.07) is 10.6. The van der Waals surface area contributed by atoms with Gasteiger partial charge in [-0.2, -0.15) is 0 Å². The summed E-state index contributed by atoms with van der Waals surface area (Å²) < 4.78 is 2.20. The van der Waals surface area contributed by atoms with Crippen molar-refractivity contribution in [1.29, 1.82) is 0 Å². The molecule has 1 aliphatic rings. The van der Waals surface area contributed by atoms with Crippen LogP contribution in [-0.4, -0.2) is 47.7 Å². The number of hydrogen-bond donors (Lipinski definition) is 2. The standard InChI is InChI=1S/C18H20BrN5S/c19-14-11-22-18(21-6-3-8-24-9-7-20-12-24)23-17(14)16-10-13-4-1-2-5-15(13)25-16/h1-2,4-5,10-11,20H,3,6-9,12H2,(H,21,22,23). The number of nitrogens with zero attached hydrogens (tertiary/aromatic N) is 3. The molecule has 0 saturated carbocycles. The van der Waals surface area contributed by atoms with Crippen LogP contribution in [0, 0.1) is 0 Å². The molecule has 0 aliphatic carbocycles. The van der Waals surface area contributed by atoms with Crippen molar-refractivity contribution < 1.29 is 0 Å². The molecule has 0 radical (unpaired) electrons. The Balaban J connectivity index is 1.44. The van der Waals surface area contributed by atoms with Gasteiger partial charge in [0.25, 0.3) is 0 Å². The van der Waals surface area contributed by atoms with Crippen molar-refractivity contribution in [2.45, 2.75) is 6.42 Å². The third-order valence-corrected chi connectivity index (χ3v) is 5.98. The number of nitrogens with one attached hydrogen (secondary N) is 2. The number of thiophene rings is 1. The third-order valence-electron chi connectivity index (χ3n) is 4.28. The lowest BCUT2D eigenvalue weighted by molar-refractivity contribution is 0.333. The molecule has 130 valence electrons. The van der Waals surface area contributed by atoms with Crippen LogP contribution in [0.2, 0.25) is 0 Å². The summed E-state index contributed by atoms with van der Waals surface area (Å²) in [6.07, 6.45) is 2.92. The van der Waals surface area contributed by atoms with Crippen molar-refractivity contribution in [2.75, 3.05) is 38.2 Å². The Labute approximate surface area is 159 Å². The van der Waals surface area contributed by atoms with Crippen LogP contribution in [0.4, 0.5) is 5.95 Å². The van der Waals surface area contributed by atoms with Gasteiger partial charge >= 0.3 is 0 Å². The van der Waals surface area contributed by atoms with E-state index in [1.165, 1.54) is 10.1 Å². The number of anilines is 1. The van der Waals surface area contributed by atoms with E-state index in [0.717, 1.165) is 54.3 Å². The average molecular weight is 418 g/mol. The fourth-order valence-electron chi connectivity index (χ4n) is 2.97. The van der Waals surface area contributed by atoms with Crippen LogP contribution in [-0.2, 0) is 0 Å². The second kappa shape index (κ2) is 7.78. The summed E-state index contributed by atoms with van der Waals surface area (Å²) in [5, 5.41) is 7.96. The SMILES string of the molecule is Brc1cnc(NCCCN2CCNC2)nc1-c1cc2ccccc2s1. The number of halogens is 1. The van der Waals surface area contributed by atoms with Crippen molar-refractivity contribution in [2.24, 2.45) is 0 Å². The molecule has 7 heteroatoms. The van der Waals surface area contributed by atoms with Crippen molar-refractivity contribution in [3.8, 4) is 10.6 Å². The molecule has 0 unspecified atom stereocenters. The molecule has 2 aromatic heterocycles. The Bertz CT molecular complexity index is 827. The van der Waals surface area contributed by atoms with Crippen molar-refractivity contribution >= 4 is 43.3 Å². The first kappa shape index (κ1) is 16.9. The maximum absolute atomic E-state index is 4.72. The first-order valence-electron chi connectivity index (χ1n) is 8.48. The van der Waals surface area contributed by atoms with Crippen LogP contribution in [0.1, 0.15) is 6.42 Å². The van der Waals surface area contributed by atoms with Gasteiger partial charge in [0.15, 0.2) is 0 Å². The highest BCUT2D eigenvalue weighted by atomic mass is 79.9. The van der Waals surface area contributed by atoms with Crippen LogP contribution >= 0.6 is 27.3 Å². The molecule has 0 spiro atoms. The molecule has 0 atom stereocenters. The van der Waals surface area contributed by atoms with Gasteiger partial charge in [-0.25, -0.2) is 9.97 Å². The monoisotopic (exact) mass is 417 g/mol. The highest BCUT2D eigenvalue weighted by molar-refractivity contribution is 9.10. The van der Waals surface area contributed by atoms with E-state index >= 15 is 0 Å². The van der Waals surface area contributed by atoms with Crippen LogP contribution in [0.15, 0.2) is 41.0 Å². The zero-order chi connectivity index (χ0) is 17.1. The van der Waals surface area contributed by atoms with Gasteiger partial charge in [0.1, 0.15) is 5.69 Å². The molecule has 5 nitrogen and oxygen atoms in total. The van der Waals surface area contributed by atoms with E-state index in [4.69, 9.17) is 4.98 Å². The Kier molecular flexibility index (Phi) is 5.26. The average Bonchev–Trinajstić information content (AvgIpc) is 3.29. The van der Waals surface area contributed by atoms with Gasteiger partial charge in [0.2, 0.25) is 5.95 Å². The minimum absolute atomic E-state index is 0.690. The Morgan fingerprint density at radius 2 is 2.24 bits per heavy atom. The Hall–Kier alpha value is -1.54. The number of fused-ring (bicyclic) bond motifs is 1. The van der Waals surface area contributed by atoms with Crippen LogP contribution < -0.4 is 10.6 Å². The van der Waals surface area contributed by atoms with Crippen LogP contribution in [0.25, 0.3) is 20.7 Å². The van der Waals surface area contributed by atoms with Gasteiger partial charge < -0.3 is 10.6 Å². The third kappa shape index (κ3) is 4.00. The molecular weight excluding hydrogens is 398 g/mol. The smallest absolute Gasteiger partial charge is 0.223 e. The molecule has 1 aliphatic heterocycles. The number of benzene rings is 1. The molecule has 4 rings (SSSR count). The summed E-state index contributed by atoms with van der Waals surface area (Å²) in [5.41, 5.74) is 0.947. The van der Waals surface area contributed by atoms with E-state index in [9.17, 15) is 0 Å². The highest BCUT2D eigenvalue weighted by Gasteiger charge is 2.12. The van der Waals surface area contributed by atoms with Gasteiger partial charge in [-0.1, -0.05) is 18.2 Å². The van der Waals surface area contributed by atoms with Gasteiger partial charge in [-0.3, -0.25) is 4.90 Å². The molecule has 2 N–H and O–H groups in total. The highest BCUT2D eigenvalue weighted by Crippen LogP contribution is 2.36. The first-order chi connectivity index (χ1) is 12.3. The van der Waals surface area contributed by atoms with Crippen LogP contribution in [0.5, 0.6) is 0 Å². The normalized spacial score (nSPS) is 15.1. The van der Waals surface area contributed by atoms with Gasteiger partial charge in [-0.15, -0.1) is 11.3 Å². The molecule has 3 aromatic rings. The largest absolute Gasteiger partial charge is 0.354 e. The summed E-state index contributed by atoms with van der Waals surface area (Å²) >= 11 is 5.35. The molecule has 1 fully saturated rings. The Morgan fingerprint density at radius 1 is 1.32 bits per heavy atom. The van der Waals surface area contributed by atoms with E-state index in [-0.39, 0.29) is 0 Å². The minimum Gasteiger partial charge on any atom is -0.354 e. The lowest BCUT2D eigenvalue weighted by Crippen LogP contribution is -2.24. The molecule has 0 bridgehead atoms. The van der Waals surface area contributed by atoms with E-state index < -0.39 is 0 Å². The maximum atomic E-state index is 4.72. The zero-order valence-electron chi connectivity index (χ0n) is 13.8. The minimum atomic E-state index is 0.690. The van der Waals surface area contributed by atoms with E-state index in [0.29, 0.717) is 5.95 Å². The molecular formula is C18H20BrN5S.